The number of urea groups is 1. The Bertz CT molecular complexity index is 1340. The van der Waals surface area contributed by atoms with Gasteiger partial charge in [-0.05, 0) is 62.6 Å². The summed E-state index contributed by atoms with van der Waals surface area (Å²) in [5.74, 6) is 1.46. The summed E-state index contributed by atoms with van der Waals surface area (Å²) in [5.41, 5.74) is 4.13. The van der Waals surface area contributed by atoms with E-state index in [2.05, 4.69) is 27.4 Å². The van der Waals surface area contributed by atoms with Crippen molar-refractivity contribution in [3.63, 3.8) is 0 Å². The lowest BCUT2D eigenvalue weighted by atomic mass is 9.93. The third kappa shape index (κ3) is 5.42. The Morgan fingerprint density at radius 1 is 1.08 bits per heavy atom. The van der Waals surface area contributed by atoms with Crippen LogP contribution in [0.2, 0.25) is 0 Å². The van der Waals surface area contributed by atoms with Crippen molar-refractivity contribution >= 4 is 23.4 Å². The molecule has 2 aromatic heterocycles. The van der Waals surface area contributed by atoms with Crippen LogP contribution >= 0.6 is 0 Å². The van der Waals surface area contributed by atoms with E-state index in [1.165, 1.54) is 6.42 Å². The second-order valence-corrected chi connectivity index (χ2v) is 10.4. The first-order valence-electron chi connectivity index (χ1n) is 13.7. The van der Waals surface area contributed by atoms with Crippen molar-refractivity contribution in [2.45, 2.75) is 51.2 Å². The second-order valence-electron chi connectivity index (χ2n) is 10.4. The molecule has 2 N–H and O–H groups in total. The zero-order valence-corrected chi connectivity index (χ0v) is 22.1. The first kappa shape index (κ1) is 25.2. The summed E-state index contributed by atoms with van der Waals surface area (Å²) in [5, 5.41) is 5.91. The summed E-state index contributed by atoms with van der Waals surface area (Å²) in [4.78, 5) is 43.7. The molecule has 1 unspecified atom stereocenters. The smallest absolute Gasteiger partial charge is 0.319 e. The maximum atomic E-state index is 13.2. The number of carbonyl (C=O) groups is 2. The summed E-state index contributed by atoms with van der Waals surface area (Å²) in [6, 6.07) is 11.5. The van der Waals surface area contributed by atoms with Gasteiger partial charge >= 0.3 is 6.03 Å². The van der Waals surface area contributed by atoms with Crippen molar-refractivity contribution in [2.75, 3.05) is 36.5 Å². The number of hydrogen-bond donors (Lipinski definition) is 2. The number of nitrogens with zero attached hydrogens (tertiary/aromatic N) is 5. The van der Waals surface area contributed by atoms with Crippen LogP contribution in [-0.2, 0) is 17.7 Å². The van der Waals surface area contributed by atoms with Crippen LogP contribution in [0.25, 0.3) is 11.4 Å². The van der Waals surface area contributed by atoms with Crippen LogP contribution < -0.4 is 15.5 Å². The number of nitrogens with one attached hydrogen (secondary N) is 2. The standard InChI is InChI=1S/C29H33N7O3/c1-19-18-39-15-14-36(19)27-24-17-35(28(37)21-4-3-12-30-16-21)13-11-25(24)33-26(34-27)20-7-9-23(10-8-20)32-29(38)31-22-5-2-6-22/h3-4,7-10,12,16,19,22H,2,5-6,11,13-15,17-18H2,1H3,(H2,31,32,38). The number of aromatic nitrogens is 3. The minimum absolute atomic E-state index is 0.0387. The van der Waals surface area contributed by atoms with Crippen molar-refractivity contribution < 1.29 is 14.3 Å². The molecule has 0 radical (unpaired) electrons. The van der Waals surface area contributed by atoms with Crippen LogP contribution in [0.4, 0.5) is 16.3 Å². The lowest BCUT2D eigenvalue weighted by molar-refractivity contribution is 0.0731. The Labute approximate surface area is 227 Å². The maximum Gasteiger partial charge on any atom is 0.319 e. The highest BCUT2D eigenvalue weighted by Crippen LogP contribution is 2.32. The first-order chi connectivity index (χ1) is 19.0. The van der Waals surface area contributed by atoms with Gasteiger partial charge in [-0.15, -0.1) is 0 Å². The molecule has 10 heteroatoms. The van der Waals surface area contributed by atoms with E-state index in [1.54, 1.807) is 24.5 Å². The Balaban J connectivity index is 1.27. The van der Waals surface area contributed by atoms with Gasteiger partial charge in [0.05, 0.1) is 37.1 Å². The van der Waals surface area contributed by atoms with E-state index in [1.807, 2.05) is 29.2 Å². The monoisotopic (exact) mass is 527 g/mol. The average molecular weight is 528 g/mol. The minimum Gasteiger partial charge on any atom is -0.377 e. The zero-order valence-electron chi connectivity index (χ0n) is 22.1. The predicted octanol–water partition coefficient (Wildman–Crippen LogP) is 3.64. The fraction of sp³-hybridized carbons (Fsp3) is 0.414. The normalized spacial score (nSPS) is 19.2. The Kier molecular flexibility index (Phi) is 7.10. The van der Waals surface area contributed by atoms with Crippen LogP contribution in [0.3, 0.4) is 0 Å². The second kappa shape index (κ2) is 11.0. The number of morpholine rings is 1. The number of ether oxygens (including phenoxy) is 1. The molecular weight excluding hydrogens is 494 g/mol. The van der Waals surface area contributed by atoms with Gasteiger partial charge in [0.25, 0.3) is 5.91 Å². The third-order valence-corrected chi connectivity index (χ3v) is 7.72. The molecule has 1 aliphatic carbocycles. The van der Waals surface area contributed by atoms with Crippen LogP contribution in [0, 0.1) is 0 Å². The molecule has 6 rings (SSSR count). The van der Waals surface area contributed by atoms with Crippen molar-refractivity contribution in [3.05, 3.63) is 65.6 Å². The molecule has 2 aliphatic heterocycles. The highest BCUT2D eigenvalue weighted by molar-refractivity contribution is 5.94. The van der Waals surface area contributed by atoms with E-state index in [0.717, 1.165) is 47.7 Å². The minimum atomic E-state index is -0.175. The number of rotatable bonds is 5. The number of anilines is 2. The summed E-state index contributed by atoms with van der Waals surface area (Å²) >= 11 is 0. The van der Waals surface area contributed by atoms with Crippen LogP contribution in [0.15, 0.2) is 48.8 Å². The topological polar surface area (TPSA) is 113 Å². The van der Waals surface area contributed by atoms with E-state index in [-0.39, 0.29) is 24.0 Å². The van der Waals surface area contributed by atoms with Gasteiger partial charge < -0.3 is 25.2 Å². The van der Waals surface area contributed by atoms with E-state index in [0.29, 0.717) is 44.1 Å². The fourth-order valence-electron chi connectivity index (χ4n) is 5.26. The summed E-state index contributed by atoms with van der Waals surface area (Å²) in [6.45, 7) is 5.12. The zero-order chi connectivity index (χ0) is 26.8. The Hall–Kier alpha value is -4.05. The molecule has 1 aromatic carbocycles. The van der Waals surface area contributed by atoms with Gasteiger partial charge in [-0.2, -0.15) is 0 Å². The van der Waals surface area contributed by atoms with Gasteiger partial charge in [-0.25, -0.2) is 14.8 Å². The number of benzene rings is 1. The highest BCUT2D eigenvalue weighted by Gasteiger charge is 2.31. The molecule has 2 fully saturated rings. The molecule has 39 heavy (non-hydrogen) atoms. The molecule has 1 saturated heterocycles. The largest absolute Gasteiger partial charge is 0.377 e. The molecule has 3 aliphatic rings. The Morgan fingerprint density at radius 3 is 2.64 bits per heavy atom. The van der Waals surface area contributed by atoms with E-state index in [9.17, 15) is 9.59 Å². The number of hydrogen-bond acceptors (Lipinski definition) is 7. The third-order valence-electron chi connectivity index (χ3n) is 7.72. The van der Waals surface area contributed by atoms with Crippen molar-refractivity contribution in [3.8, 4) is 11.4 Å². The van der Waals surface area contributed by atoms with Crippen LogP contribution in [0.1, 0.15) is 47.8 Å². The van der Waals surface area contributed by atoms with Gasteiger partial charge in [-0.3, -0.25) is 9.78 Å². The SMILES string of the molecule is CC1COCCN1c1nc(-c2ccc(NC(=O)NC3CCC3)cc2)nc2c1CN(C(=O)c1cccnc1)CC2. The summed E-state index contributed by atoms with van der Waals surface area (Å²) < 4.78 is 5.69. The quantitative estimate of drug-likeness (QED) is 0.521. The molecule has 10 nitrogen and oxygen atoms in total. The molecule has 1 atom stereocenters. The molecule has 3 aromatic rings. The molecular formula is C29H33N7O3. The van der Waals surface area contributed by atoms with Gasteiger partial charge in [0.15, 0.2) is 5.82 Å². The number of fused-ring (bicyclic) bond motifs is 1. The van der Waals surface area contributed by atoms with Crippen LogP contribution in [0.5, 0.6) is 0 Å². The summed E-state index contributed by atoms with van der Waals surface area (Å²) in [6.07, 6.45) is 7.18. The first-order valence-corrected chi connectivity index (χ1v) is 13.7. The van der Waals surface area contributed by atoms with Gasteiger partial charge in [0, 0.05) is 54.8 Å². The van der Waals surface area contributed by atoms with Gasteiger partial charge in [0.1, 0.15) is 5.82 Å². The van der Waals surface area contributed by atoms with Gasteiger partial charge in [-0.1, -0.05) is 0 Å². The van der Waals surface area contributed by atoms with Crippen molar-refractivity contribution in [1.29, 1.82) is 0 Å². The number of carbonyl (C=O) groups excluding carboxylic acids is 2. The van der Waals surface area contributed by atoms with E-state index in [4.69, 9.17) is 14.7 Å². The van der Waals surface area contributed by atoms with E-state index >= 15 is 0 Å². The fourth-order valence-corrected chi connectivity index (χ4v) is 5.26. The molecule has 202 valence electrons. The summed E-state index contributed by atoms with van der Waals surface area (Å²) in [7, 11) is 0. The highest BCUT2D eigenvalue weighted by atomic mass is 16.5. The molecule has 0 spiro atoms. The molecule has 1 saturated carbocycles. The van der Waals surface area contributed by atoms with Crippen LogP contribution in [-0.4, -0.2) is 70.2 Å². The van der Waals surface area contributed by atoms with Crippen molar-refractivity contribution in [1.82, 2.24) is 25.2 Å². The average Bonchev–Trinajstić information content (AvgIpc) is 2.95. The lowest BCUT2D eigenvalue weighted by Gasteiger charge is -2.38. The lowest BCUT2D eigenvalue weighted by Crippen LogP contribution is -2.46. The number of pyridine rings is 1. The van der Waals surface area contributed by atoms with Crippen molar-refractivity contribution in [2.24, 2.45) is 0 Å². The van der Waals surface area contributed by atoms with E-state index < -0.39 is 0 Å². The molecule has 4 heterocycles. The number of amides is 3. The van der Waals surface area contributed by atoms with Gasteiger partial charge in [0.2, 0.25) is 0 Å². The maximum absolute atomic E-state index is 13.2. The Morgan fingerprint density at radius 2 is 1.92 bits per heavy atom. The predicted molar refractivity (Wildman–Crippen MR) is 148 cm³/mol. The molecule has 0 bridgehead atoms. The molecule has 3 amide bonds.